The molecule has 0 aromatic carbocycles. The maximum Gasteiger partial charge on any atom is 0.249 e. The summed E-state index contributed by atoms with van der Waals surface area (Å²) in [5, 5.41) is 6.36. The molecular weight excluding hydrogens is 318 g/mol. The Balaban J connectivity index is 1.80. The molecule has 138 valence electrons. The molecule has 1 aromatic rings. The summed E-state index contributed by atoms with van der Waals surface area (Å²) < 4.78 is 5.83. The van der Waals surface area contributed by atoms with Crippen molar-refractivity contribution in [3.8, 4) is 0 Å². The highest BCUT2D eigenvalue weighted by atomic mass is 16.5. The summed E-state index contributed by atoms with van der Waals surface area (Å²) in [7, 11) is 1.88. The summed E-state index contributed by atoms with van der Waals surface area (Å²) in [6.45, 7) is 10.4. The third-order valence-corrected chi connectivity index (χ3v) is 4.80. The van der Waals surface area contributed by atoms with E-state index in [0.717, 1.165) is 30.3 Å². The molecule has 2 aliphatic rings. The topological polar surface area (TPSA) is 79.4 Å². The van der Waals surface area contributed by atoms with E-state index >= 15 is 0 Å². The third-order valence-electron chi connectivity index (χ3n) is 4.80. The van der Waals surface area contributed by atoms with Crippen molar-refractivity contribution in [3.63, 3.8) is 0 Å². The Kier molecular flexibility index (Phi) is 4.62. The minimum Gasteiger partial charge on any atom is -0.373 e. The molecule has 3 rings (SSSR count). The molecule has 7 nitrogen and oxygen atoms in total. The van der Waals surface area contributed by atoms with Crippen molar-refractivity contribution < 1.29 is 9.53 Å². The normalized spacial score (nSPS) is 25.9. The zero-order valence-electron chi connectivity index (χ0n) is 16.0. The van der Waals surface area contributed by atoms with Gasteiger partial charge in [0.2, 0.25) is 11.9 Å². The van der Waals surface area contributed by atoms with Crippen molar-refractivity contribution in [2.24, 2.45) is 5.92 Å². The Morgan fingerprint density at radius 1 is 1.32 bits per heavy atom. The lowest BCUT2D eigenvalue weighted by molar-refractivity contribution is -0.120. The number of hydrogen-bond donors (Lipinski definition) is 2. The van der Waals surface area contributed by atoms with Crippen LogP contribution in [0.3, 0.4) is 0 Å². The van der Waals surface area contributed by atoms with Crippen LogP contribution < -0.4 is 15.5 Å². The number of nitrogens with one attached hydrogen (secondary N) is 2. The Hall–Kier alpha value is -1.89. The van der Waals surface area contributed by atoms with E-state index in [1.165, 1.54) is 0 Å². The van der Waals surface area contributed by atoms with E-state index in [1.807, 2.05) is 39.6 Å². The number of ether oxygens (including phenoxy) is 1. The van der Waals surface area contributed by atoms with Crippen molar-refractivity contribution in [1.82, 2.24) is 9.97 Å². The van der Waals surface area contributed by atoms with E-state index < -0.39 is 6.04 Å². The largest absolute Gasteiger partial charge is 0.373 e. The summed E-state index contributed by atoms with van der Waals surface area (Å²) in [6, 6.07) is 0.0357. The molecule has 1 fully saturated rings. The monoisotopic (exact) mass is 347 g/mol. The highest BCUT2D eigenvalue weighted by Gasteiger charge is 2.35. The number of rotatable bonds is 4. The van der Waals surface area contributed by atoms with Crippen LogP contribution in [0, 0.1) is 12.8 Å². The Morgan fingerprint density at radius 3 is 2.60 bits per heavy atom. The maximum atomic E-state index is 12.5. The second kappa shape index (κ2) is 6.44. The molecule has 0 saturated heterocycles. The number of aryl methyl sites for hydroxylation is 1. The quantitative estimate of drug-likeness (QED) is 0.871. The van der Waals surface area contributed by atoms with Crippen LogP contribution in [-0.2, 0) is 9.53 Å². The van der Waals surface area contributed by atoms with Gasteiger partial charge in [-0.15, -0.1) is 0 Å². The van der Waals surface area contributed by atoms with Crippen molar-refractivity contribution >= 4 is 23.4 Å². The number of anilines is 3. The van der Waals surface area contributed by atoms with Crippen molar-refractivity contribution in [1.29, 1.82) is 0 Å². The number of carbonyl (C=O) groups excluding carboxylic acids is 1. The van der Waals surface area contributed by atoms with Gasteiger partial charge >= 0.3 is 0 Å². The SMILES string of the molecule is Cc1nc(NC2CC(C)C2)nc2c1NC(=O)[C@H](COC(C)(C)C)N2C. The third kappa shape index (κ3) is 3.86. The second-order valence-corrected chi connectivity index (χ2v) is 8.29. The number of aromatic nitrogens is 2. The van der Waals surface area contributed by atoms with Gasteiger partial charge in [-0.2, -0.15) is 4.98 Å². The molecule has 1 atom stereocenters. The fourth-order valence-corrected chi connectivity index (χ4v) is 3.27. The minimum atomic E-state index is -0.405. The van der Waals surface area contributed by atoms with Gasteiger partial charge < -0.3 is 20.3 Å². The molecule has 0 bridgehead atoms. The highest BCUT2D eigenvalue weighted by molar-refractivity contribution is 6.03. The van der Waals surface area contributed by atoms with Gasteiger partial charge in [0.25, 0.3) is 0 Å². The molecule has 2 N–H and O–H groups in total. The maximum absolute atomic E-state index is 12.5. The number of likely N-dealkylation sites (N-methyl/N-ethyl adjacent to an activating group) is 1. The van der Waals surface area contributed by atoms with Gasteiger partial charge in [-0.25, -0.2) is 4.98 Å². The molecule has 0 spiro atoms. The predicted octanol–water partition coefficient (Wildman–Crippen LogP) is 2.57. The molecule has 0 unspecified atom stereocenters. The average Bonchev–Trinajstić information content (AvgIpc) is 2.46. The van der Waals surface area contributed by atoms with Crippen LogP contribution in [0.2, 0.25) is 0 Å². The molecule has 1 aliphatic carbocycles. The lowest BCUT2D eigenvalue weighted by atomic mass is 9.82. The summed E-state index contributed by atoms with van der Waals surface area (Å²) >= 11 is 0. The molecule has 0 radical (unpaired) electrons. The predicted molar refractivity (Wildman–Crippen MR) is 99.1 cm³/mol. The first-order chi connectivity index (χ1) is 11.6. The van der Waals surface area contributed by atoms with E-state index in [1.54, 1.807) is 0 Å². The average molecular weight is 347 g/mol. The fourth-order valence-electron chi connectivity index (χ4n) is 3.27. The van der Waals surface area contributed by atoms with Crippen molar-refractivity contribution in [2.75, 3.05) is 29.2 Å². The molecule has 1 saturated carbocycles. The van der Waals surface area contributed by atoms with E-state index in [2.05, 4.69) is 27.5 Å². The summed E-state index contributed by atoms with van der Waals surface area (Å²) in [5.74, 6) is 2.05. The van der Waals surface area contributed by atoms with Gasteiger partial charge in [-0.1, -0.05) is 6.92 Å². The van der Waals surface area contributed by atoms with E-state index in [-0.39, 0.29) is 11.5 Å². The van der Waals surface area contributed by atoms with Crippen LogP contribution in [0.1, 0.15) is 46.2 Å². The summed E-state index contributed by atoms with van der Waals surface area (Å²) in [4.78, 5) is 23.6. The molecule has 1 aromatic heterocycles. The number of nitrogens with zero attached hydrogens (tertiary/aromatic N) is 3. The molecular formula is C18H29N5O2. The van der Waals surface area contributed by atoms with Gasteiger partial charge in [0.15, 0.2) is 5.82 Å². The minimum absolute atomic E-state index is 0.0838. The lowest BCUT2D eigenvalue weighted by Gasteiger charge is -2.37. The highest BCUT2D eigenvalue weighted by Crippen LogP contribution is 2.34. The van der Waals surface area contributed by atoms with Gasteiger partial charge in [-0.05, 0) is 46.5 Å². The van der Waals surface area contributed by atoms with Crippen LogP contribution in [0.25, 0.3) is 0 Å². The first-order valence-corrected chi connectivity index (χ1v) is 8.97. The first-order valence-electron chi connectivity index (χ1n) is 8.97. The number of amides is 1. The fraction of sp³-hybridized carbons (Fsp3) is 0.722. The van der Waals surface area contributed by atoms with Gasteiger partial charge in [0, 0.05) is 13.1 Å². The summed E-state index contributed by atoms with van der Waals surface area (Å²) in [5.41, 5.74) is 1.17. The Bertz CT molecular complexity index is 664. The van der Waals surface area contributed by atoms with Crippen LogP contribution in [0.5, 0.6) is 0 Å². The number of carbonyl (C=O) groups is 1. The molecule has 1 amide bonds. The van der Waals surface area contributed by atoms with Crippen molar-refractivity contribution in [3.05, 3.63) is 5.69 Å². The van der Waals surface area contributed by atoms with Crippen molar-refractivity contribution in [2.45, 2.75) is 65.1 Å². The standard InChI is InChI=1S/C18H29N5O2/c1-10-7-12(8-10)20-17-19-11(2)14-15(22-17)23(6)13(16(24)21-14)9-25-18(3,4)5/h10,12-13H,7-9H2,1-6H3,(H,21,24)(H,19,20,22)/t10?,12?,13-/m0/s1. The number of hydrogen-bond acceptors (Lipinski definition) is 6. The lowest BCUT2D eigenvalue weighted by Crippen LogP contribution is -2.50. The van der Waals surface area contributed by atoms with Crippen LogP contribution in [0.15, 0.2) is 0 Å². The smallest absolute Gasteiger partial charge is 0.249 e. The van der Waals surface area contributed by atoms with Crippen LogP contribution in [0.4, 0.5) is 17.5 Å². The van der Waals surface area contributed by atoms with E-state index in [4.69, 9.17) is 4.74 Å². The molecule has 25 heavy (non-hydrogen) atoms. The zero-order chi connectivity index (χ0) is 18.4. The van der Waals surface area contributed by atoms with Gasteiger partial charge in [0.05, 0.1) is 17.9 Å². The first kappa shape index (κ1) is 17.9. The van der Waals surface area contributed by atoms with Gasteiger partial charge in [0.1, 0.15) is 11.7 Å². The second-order valence-electron chi connectivity index (χ2n) is 8.29. The number of fused-ring (bicyclic) bond motifs is 1. The van der Waals surface area contributed by atoms with E-state index in [9.17, 15) is 4.79 Å². The van der Waals surface area contributed by atoms with Crippen LogP contribution in [-0.4, -0.2) is 47.2 Å². The Morgan fingerprint density at radius 2 is 2.00 bits per heavy atom. The van der Waals surface area contributed by atoms with Crippen LogP contribution >= 0.6 is 0 Å². The van der Waals surface area contributed by atoms with E-state index in [0.29, 0.717) is 24.3 Å². The molecule has 2 heterocycles. The zero-order valence-corrected chi connectivity index (χ0v) is 16.0. The molecule has 7 heteroatoms. The Labute approximate surface area is 149 Å². The molecule has 1 aliphatic heterocycles. The van der Waals surface area contributed by atoms with Gasteiger partial charge in [-0.3, -0.25) is 4.79 Å². The summed E-state index contributed by atoms with van der Waals surface area (Å²) in [6.07, 6.45) is 2.29.